The first-order valence-electron chi connectivity index (χ1n) is 5.99. The lowest BCUT2D eigenvalue weighted by molar-refractivity contribution is -0.131. The number of nitrogens with zero attached hydrogens (tertiary/aromatic N) is 1. The molecule has 0 atom stereocenters. The van der Waals surface area contributed by atoms with Gasteiger partial charge in [-0.15, -0.1) is 0 Å². The Labute approximate surface area is 100 Å². The van der Waals surface area contributed by atoms with Gasteiger partial charge in [-0.1, -0.05) is 18.6 Å². The monoisotopic (exact) mass is 236 g/mol. The first-order valence-corrected chi connectivity index (χ1v) is 5.99. The smallest absolute Gasteiger partial charge is 0.222 e. The zero-order valence-corrected chi connectivity index (χ0v) is 9.79. The second kappa shape index (κ2) is 5.17. The molecule has 2 N–H and O–H groups in total. The highest BCUT2D eigenvalue weighted by molar-refractivity contribution is 5.76. The Morgan fingerprint density at radius 1 is 1.29 bits per heavy atom. The van der Waals surface area contributed by atoms with E-state index in [2.05, 4.69) is 0 Å². The summed E-state index contributed by atoms with van der Waals surface area (Å²) < 4.78 is 13.7. The standard InChI is InChI=1S/C13H17FN2O/c14-13-10(5-4-6-11(13)15)9-16-8-3-1-2-7-12(16)17/h4-6H,1-3,7-9,15H2. The number of hydrogen-bond donors (Lipinski definition) is 1. The van der Waals surface area contributed by atoms with Gasteiger partial charge >= 0.3 is 0 Å². The lowest BCUT2D eigenvalue weighted by Gasteiger charge is -2.21. The second-order valence-corrected chi connectivity index (χ2v) is 4.45. The maximum Gasteiger partial charge on any atom is 0.222 e. The first-order chi connectivity index (χ1) is 8.18. The molecule has 0 spiro atoms. The third-order valence-corrected chi connectivity index (χ3v) is 3.14. The minimum absolute atomic E-state index is 0.115. The van der Waals surface area contributed by atoms with Gasteiger partial charge in [0.25, 0.3) is 0 Å². The van der Waals surface area contributed by atoms with Crippen molar-refractivity contribution in [1.82, 2.24) is 4.90 Å². The van der Waals surface area contributed by atoms with Crippen molar-refractivity contribution < 1.29 is 9.18 Å². The molecular formula is C13H17FN2O. The van der Waals surface area contributed by atoms with E-state index in [-0.39, 0.29) is 11.6 Å². The average molecular weight is 236 g/mol. The van der Waals surface area contributed by atoms with Gasteiger partial charge < -0.3 is 10.6 Å². The Bertz CT molecular complexity index is 420. The summed E-state index contributed by atoms with van der Waals surface area (Å²) in [6.45, 7) is 1.04. The molecule has 1 aliphatic heterocycles. The molecule has 17 heavy (non-hydrogen) atoms. The topological polar surface area (TPSA) is 46.3 Å². The quantitative estimate of drug-likeness (QED) is 0.801. The number of benzene rings is 1. The maximum atomic E-state index is 13.7. The molecule has 2 rings (SSSR count). The van der Waals surface area contributed by atoms with Crippen molar-refractivity contribution in [2.24, 2.45) is 0 Å². The Morgan fingerprint density at radius 3 is 2.94 bits per heavy atom. The van der Waals surface area contributed by atoms with Crippen molar-refractivity contribution in [2.45, 2.75) is 32.2 Å². The fourth-order valence-corrected chi connectivity index (χ4v) is 2.13. The first kappa shape index (κ1) is 11.9. The lowest BCUT2D eigenvalue weighted by atomic mass is 10.1. The number of nitrogen functional groups attached to an aromatic ring is 1. The second-order valence-electron chi connectivity index (χ2n) is 4.45. The molecule has 1 saturated heterocycles. The van der Waals surface area contributed by atoms with Crippen LogP contribution in [0.15, 0.2) is 18.2 Å². The van der Waals surface area contributed by atoms with Crippen LogP contribution in [0.3, 0.4) is 0 Å². The molecule has 1 amide bonds. The predicted octanol–water partition coefficient (Wildman–Crippen LogP) is 2.31. The zero-order chi connectivity index (χ0) is 12.3. The van der Waals surface area contributed by atoms with Crippen molar-refractivity contribution >= 4 is 11.6 Å². The van der Waals surface area contributed by atoms with E-state index in [1.54, 1.807) is 17.0 Å². The van der Waals surface area contributed by atoms with E-state index in [4.69, 9.17) is 5.73 Å². The number of nitrogens with two attached hydrogens (primary N) is 1. The van der Waals surface area contributed by atoms with Crippen LogP contribution >= 0.6 is 0 Å². The van der Waals surface area contributed by atoms with Crippen LogP contribution in [0.25, 0.3) is 0 Å². The number of rotatable bonds is 2. The molecule has 3 nitrogen and oxygen atoms in total. The predicted molar refractivity (Wildman–Crippen MR) is 64.7 cm³/mol. The molecule has 92 valence electrons. The highest BCUT2D eigenvalue weighted by atomic mass is 19.1. The van der Waals surface area contributed by atoms with Crippen LogP contribution in [-0.4, -0.2) is 17.4 Å². The van der Waals surface area contributed by atoms with Crippen LogP contribution < -0.4 is 5.73 Å². The third kappa shape index (κ3) is 2.75. The molecule has 1 heterocycles. The van der Waals surface area contributed by atoms with Gasteiger partial charge in [0.05, 0.1) is 5.69 Å². The van der Waals surface area contributed by atoms with E-state index in [1.807, 2.05) is 0 Å². The largest absolute Gasteiger partial charge is 0.396 e. The molecule has 0 unspecified atom stereocenters. The van der Waals surface area contributed by atoms with Gasteiger partial charge in [-0.05, 0) is 18.9 Å². The van der Waals surface area contributed by atoms with Crippen LogP contribution in [0.4, 0.5) is 10.1 Å². The van der Waals surface area contributed by atoms with Gasteiger partial charge in [0.15, 0.2) is 5.82 Å². The normalized spacial score (nSPS) is 17.0. The van der Waals surface area contributed by atoms with Crippen LogP contribution in [0.5, 0.6) is 0 Å². The number of hydrogen-bond acceptors (Lipinski definition) is 2. The Kier molecular flexibility index (Phi) is 3.61. The summed E-state index contributed by atoms with van der Waals surface area (Å²) in [5.74, 6) is -0.283. The van der Waals surface area contributed by atoms with Crippen molar-refractivity contribution in [3.8, 4) is 0 Å². The van der Waals surface area contributed by atoms with E-state index >= 15 is 0 Å². The van der Waals surface area contributed by atoms with Crippen molar-refractivity contribution in [3.63, 3.8) is 0 Å². The van der Waals surface area contributed by atoms with Crippen LogP contribution in [0, 0.1) is 5.82 Å². The van der Waals surface area contributed by atoms with Crippen molar-refractivity contribution in [3.05, 3.63) is 29.6 Å². The molecule has 1 aliphatic rings. The molecule has 0 saturated carbocycles. The highest BCUT2D eigenvalue weighted by Crippen LogP contribution is 2.19. The van der Waals surface area contributed by atoms with Gasteiger partial charge in [-0.2, -0.15) is 0 Å². The minimum Gasteiger partial charge on any atom is -0.396 e. The zero-order valence-electron chi connectivity index (χ0n) is 9.79. The van der Waals surface area contributed by atoms with Gasteiger partial charge in [0, 0.05) is 25.1 Å². The van der Waals surface area contributed by atoms with Crippen molar-refractivity contribution in [1.29, 1.82) is 0 Å². The fraction of sp³-hybridized carbons (Fsp3) is 0.462. The van der Waals surface area contributed by atoms with Gasteiger partial charge in [0.2, 0.25) is 5.91 Å². The Morgan fingerprint density at radius 2 is 2.12 bits per heavy atom. The summed E-state index contributed by atoms with van der Waals surface area (Å²) in [5, 5.41) is 0. The van der Waals surface area contributed by atoms with E-state index in [0.717, 1.165) is 19.3 Å². The van der Waals surface area contributed by atoms with Crippen LogP contribution in [0.2, 0.25) is 0 Å². The van der Waals surface area contributed by atoms with E-state index in [9.17, 15) is 9.18 Å². The summed E-state index contributed by atoms with van der Waals surface area (Å²) >= 11 is 0. The molecule has 1 aromatic rings. The van der Waals surface area contributed by atoms with Gasteiger partial charge in [-0.25, -0.2) is 4.39 Å². The van der Waals surface area contributed by atoms with Gasteiger partial charge in [0.1, 0.15) is 0 Å². The number of halogens is 1. The number of anilines is 1. The molecular weight excluding hydrogens is 219 g/mol. The molecule has 0 aliphatic carbocycles. The molecule has 1 aromatic carbocycles. The fourth-order valence-electron chi connectivity index (χ4n) is 2.13. The lowest BCUT2D eigenvalue weighted by Crippen LogP contribution is -2.30. The number of likely N-dealkylation sites (tertiary alicyclic amines) is 1. The molecule has 1 fully saturated rings. The molecule has 4 heteroatoms. The van der Waals surface area contributed by atoms with E-state index in [1.165, 1.54) is 6.07 Å². The number of carbonyl (C=O) groups is 1. The summed E-state index contributed by atoms with van der Waals surface area (Å²) in [6.07, 6.45) is 3.58. The van der Waals surface area contributed by atoms with Crippen molar-refractivity contribution in [2.75, 3.05) is 12.3 Å². The average Bonchev–Trinajstić information content (AvgIpc) is 2.51. The summed E-state index contributed by atoms with van der Waals surface area (Å²) in [6, 6.07) is 4.93. The third-order valence-electron chi connectivity index (χ3n) is 3.14. The highest BCUT2D eigenvalue weighted by Gasteiger charge is 2.18. The Hall–Kier alpha value is -1.58. The summed E-state index contributed by atoms with van der Waals surface area (Å²) in [4.78, 5) is 13.5. The molecule has 0 bridgehead atoms. The van der Waals surface area contributed by atoms with Crippen LogP contribution in [-0.2, 0) is 11.3 Å². The van der Waals surface area contributed by atoms with E-state index in [0.29, 0.717) is 25.1 Å². The van der Waals surface area contributed by atoms with E-state index < -0.39 is 5.82 Å². The number of amides is 1. The summed E-state index contributed by atoms with van der Waals surface area (Å²) in [7, 11) is 0. The van der Waals surface area contributed by atoms with Crippen LogP contribution in [0.1, 0.15) is 31.2 Å². The molecule has 0 aromatic heterocycles. The SMILES string of the molecule is Nc1cccc(CN2CCCCCC2=O)c1F. The minimum atomic E-state index is -0.399. The van der Waals surface area contributed by atoms with Gasteiger partial charge in [-0.3, -0.25) is 4.79 Å². The molecule has 0 radical (unpaired) electrons. The Balaban J connectivity index is 2.13. The number of carbonyl (C=O) groups excluding carboxylic acids is 1. The maximum absolute atomic E-state index is 13.7. The summed E-state index contributed by atoms with van der Waals surface area (Å²) in [5.41, 5.74) is 6.16.